The Morgan fingerprint density at radius 3 is 2.02 bits per heavy atom. The highest BCUT2D eigenvalue weighted by Gasteiger charge is 2.21. The Labute approximate surface area is 367 Å². The van der Waals surface area contributed by atoms with Gasteiger partial charge in [-0.15, -0.1) is 0 Å². The maximum atomic E-state index is 13.0. The zero-order valence-electron chi connectivity index (χ0n) is 32.8. The number of thioether (sulfide) groups is 2. The summed E-state index contributed by atoms with van der Waals surface area (Å²) in [5, 5.41) is 14.0. The average Bonchev–Trinajstić information content (AvgIpc) is 3.83. The Hall–Kier alpha value is -5.98. The first-order valence-corrected chi connectivity index (χ1v) is 21.3. The van der Waals surface area contributed by atoms with Crippen molar-refractivity contribution in [2.24, 2.45) is 0 Å². The number of anilines is 2. The van der Waals surface area contributed by atoms with Gasteiger partial charge in [0.1, 0.15) is 0 Å². The number of fused-ring (bicyclic) bond motifs is 4. The predicted octanol–water partition coefficient (Wildman–Crippen LogP) is 9.00. The van der Waals surface area contributed by atoms with E-state index in [1.165, 1.54) is 20.5 Å². The highest BCUT2D eigenvalue weighted by molar-refractivity contribution is 8.04. The molecule has 4 heterocycles. The summed E-state index contributed by atoms with van der Waals surface area (Å²) in [5.41, 5.74) is 6.52. The number of nitrogens with one attached hydrogen (secondary N) is 3. The first-order chi connectivity index (χ1) is 29.0. The maximum Gasteiger partial charge on any atom is 0.286 e. The number of hydrogen-bond donors (Lipinski definition) is 3. The topological polar surface area (TPSA) is 90.5 Å². The maximum absolute atomic E-state index is 13.0. The number of Topliss-reactive ketones (excluding diaryl/α,β-unsaturated/α-hetero) is 1. The predicted molar refractivity (Wildman–Crippen MR) is 254 cm³/mol. The van der Waals surface area contributed by atoms with E-state index in [-0.39, 0.29) is 46.2 Å². The molecule has 3 N–H and O–H groups in total. The summed E-state index contributed by atoms with van der Waals surface area (Å²) in [6.45, 7) is 2.47. The van der Waals surface area contributed by atoms with Gasteiger partial charge in [0, 0.05) is 54.2 Å². The molecule has 0 bridgehead atoms. The lowest BCUT2D eigenvalue weighted by atomic mass is 10.1. The molecule has 11 heteroatoms. The van der Waals surface area contributed by atoms with Gasteiger partial charge >= 0.3 is 0 Å². The molecule has 0 aliphatic carbocycles. The van der Waals surface area contributed by atoms with Crippen LogP contribution in [0.5, 0.6) is 0 Å². The van der Waals surface area contributed by atoms with Crippen molar-refractivity contribution in [3.63, 3.8) is 0 Å². The number of benzene rings is 4. The second-order valence-electron chi connectivity index (χ2n) is 14.1. The molecule has 0 unspecified atom stereocenters. The minimum absolute atomic E-state index is 0. The third-order valence-electron chi connectivity index (χ3n) is 10.1. The Kier molecular flexibility index (Phi) is 15.7. The molecular weight excluding hydrogens is 797 g/mol. The van der Waals surface area contributed by atoms with Gasteiger partial charge in [-0.1, -0.05) is 111 Å². The number of ether oxygens (including phenoxy) is 1. The van der Waals surface area contributed by atoms with Crippen LogP contribution >= 0.6 is 23.5 Å². The lowest BCUT2D eigenvalue weighted by molar-refractivity contribution is -0.658. The molecule has 0 fully saturated rings. The number of hydrogen-bond acceptors (Lipinski definition) is 8. The van der Waals surface area contributed by atoms with Crippen LogP contribution in [0.2, 0.25) is 0 Å². The zero-order valence-corrected chi connectivity index (χ0v) is 34.5. The van der Waals surface area contributed by atoms with Crippen LogP contribution in [-0.4, -0.2) is 51.6 Å². The fourth-order valence-corrected chi connectivity index (χ4v) is 9.11. The minimum Gasteiger partial charge on any atom is -0.378 e. The molecule has 0 spiro atoms. The van der Waals surface area contributed by atoms with E-state index in [4.69, 9.17) is 4.74 Å². The quantitative estimate of drug-likeness (QED) is 0.0658. The summed E-state index contributed by atoms with van der Waals surface area (Å²) < 4.78 is 9.71. The number of amides is 1. The molecule has 1 amide bonds. The van der Waals surface area contributed by atoms with Crippen LogP contribution in [0, 0.1) is 0 Å². The number of carbonyl (C=O) groups is 2. The van der Waals surface area contributed by atoms with E-state index in [2.05, 4.69) is 125 Å². The van der Waals surface area contributed by atoms with Crippen LogP contribution < -0.4 is 30.0 Å². The van der Waals surface area contributed by atoms with Gasteiger partial charge in [0.2, 0.25) is 29.9 Å². The second-order valence-corrected chi connectivity index (χ2v) is 16.3. The number of para-hydroxylation sites is 4. The largest absolute Gasteiger partial charge is 0.378 e. The molecule has 0 saturated heterocycles. The molecule has 2 aromatic heterocycles. The molecule has 4 aromatic carbocycles. The third-order valence-corrected chi connectivity index (χ3v) is 12.3. The van der Waals surface area contributed by atoms with Crippen molar-refractivity contribution in [2.45, 2.75) is 37.7 Å². The summed E-state index contributed by atoms with van der Waals surface area (Å²) in [5.74, 6) is -0.00214. The first-order valence-electron chi connectivity index (χ1n) is 19.7. The third kappa shape index (κ3) is 11.0. The fourth-order valence-electron chi connectivity index (χ4n) is 7.13. The van der Waals surface area contributed by atoms with Crippen LogP contribution in [-0.2, 0) is 27.4 Å². The standard InChI is InChI=1S/C48H44N6O3S2.2CH4/c1-52-43-19-7-9-21-45(43)59-48(52)23-11-13-36-24-28-53(41-17-5-2-14-38(36)41)33-37(55)32-49-26-30-57-31-27-50-46(56)34-54-29-25-35(39-15-3-6-18-42(39)54)12-10-22-47-51-40-16-4-8-20-44(40)58-47;;/h2-25,28-29,49H,26-27,30-34H2,1H3;2*1H4/p+2. The van der Waals surface area contributed by atoms with Crippen molar-refractivity contribution < 1.29 is 23.5 Å². The summed E-state index contributed by atoms with van der Waals surface area (Å²) in [6, 6.07) is 37.1. The Balaban J connectivity index is 0.00000311. The summed E-state index contributed by atoms with van der Waals surface area (Å²) in [7, 11) is 2.09. The number of allylic oxidation sites excluding steroid dienone is 4. The van der Waals surface area contributed by atoms with Gasteiger partial charge in [-0.2, -0.15) is 9.13 Å². The van der Waals surface area contributed by atoms with Crippen LogP contribution in [0.3, 0.4) is 0 Å². The zero-order chi connectivity index (χ0) is 40.4. The van der Waals surface area contributed by atoms with Crippen molar-refractivity contribution in [3.8, 4) is 0 Å². The normalized spacial score (nSPS) is 14.3. The highest BCUT2D eigenvalue weighted by Crippen LogP contribution is 2.44. The number of ketones is 1. The monoisotopic (exact) mass is 850 g/mol. The summed E-state index contributed by atoms with van der Waals surface area (Å²) >= 11 is 3.49. The Morgan fingerprint density at radius 1 is 0.705 bits per heavy atom. The van der Waals surface area contributed by atoms with E-state index in [1.54, 1.807) is 23.5 Å². The van der Waals surface area contributed by atoms with E-state index in [0.717, 1.165) is 43.6 Å². The lowest BCUT2D eigenvalue weighted by Crippen LogP contribution is -2.44. The van der Waals surface area contributed by atoms with Crippen molar-refractivity contribution >= 4 is 80.5 Å². The van der Waals surface area contributed by atoms with Crippen LogP contribution in [0.1, 0.15) is 26.0 Å². The molecule has 2 aliphatic heterocycles. The fraction of sp³-hybridized carbons (Fsp3) is 0.200. The molecule has 8 rings (SSSR count). The van der Waals surface area contributed by atoms with Gasteiger partial charge < -0.3 is 25.6 Å². The van der Waals surface area contributed by atoms with Crippen molar-refractivity contribution in [2.75, 3.05) is 50.1 Å². The van der Waals surface area contributed by atoms with Gasteiger partial charge in [-0.05, 0) is 59.7 Å². The van der Waals surface area contributed by atoms with E-state index in [1.807, 2.05) is 70.1 Å². The van der Waals surface area contributed by atoms with E-state index >= 15 is 0 Å². The van der Waals surface area contributed by atoms with E-state index < -0.39 is 0 Å². The molecule has 9 nitrogen and oxygen atoms in total. The molecule has 6 aromatic rings. The van der Waals surface area contributed by atoms with Gasteiger partial charge in [-0.3, -0.25) is 9.59 Å². The SMILES string of the molecule is C.C.CN1C(=CC=Cc2cc[n+](CC(=O)CNCCOCCNC(=O)C[n+]3ccc(C=CC=C4Nc5ccccc5S4)c4ccccc43)c3ccccc23)Sc2ccccc21. The van der Waals surface area contributed by atoms with Gasteiger partial charge in [0.15, 0.2) is 12.4 Å². The van der Waals surface area contributed by atoms with Gasteiger partial charge in [-0.25, -0.2) is 0 Å². The first kappa shape index (κ1) is 44.6. The minimum atomic E-state index is -0.0850. The summed E-state index contributed by atoms with van der Waals surface area (Å²) in [6.07, 6.45) is 16.5. The van der Waals surface area contributed by atoms with E-state index in [9.17, 15) is 9.59 Å². The molecule has 0 saturated carbocycles. The van der Waals surface area contributed by atoms with E-state index in [0.29, 0.717) is 26.3 Å². The number of aromatic nitrogens is 2. The summed E-state index contributed by atoms with van der Waals surface area (Å²) in [4.78, 5) is 30.5. The number of rotatable bonds is 16. The average molecular weight is 851 g/mol. The number of pyridine rings is 2. The van der Waals surface area contributed by atoms with Crippen LogP contribution in [0.25, 0.3) is 34.0 Å². The molecule has 312 valence electrons. The van der Waals surface area contributed by atoms with Gasteiger partial charge in [0.05, 0.1) is 52.0 Å². The van der Waals surface area contributed by atoms with Gasteiger partial charge in [0.25, 0.3) is 5.91 Å². The van der Waals surface area contributed by atoms with Crippen molar-refractivity contribution in [3.05, 3.63) is 167 Å². The molecule has 61 heavy (non-hydrogen) atoms. The highest BCUT2D eigenvalue weighted by atomic mass is 32.2. The molecule has 2 aliphatic rings. The molecule has 0 atom stereocenters. The van der Waals surface area contributed by atoms with Crippen LogP contribution in [0.15, 0.2) is 166 Å². The second kappa shape index (κ2) is 21.5. The smallest absolute Gasteiger partial charge is 0.286 e. The van der Waals surface area contributed by atoms with Crippen molar-refractivity contribution in [1.82, 2.24) is 10.6 Å². The Morgan fingerprint density at radius 2 is 1.31 bits per heavy atom. The van der Waals surface area contributed by atoms with Crippen molar-refractivity contribution in [1.29, 1.82) is 0 Å². The molecular formula is C50H54N6O3S2+2. The lowest BCUT2D eigenvalue weighted by Gasteiger charge is -2.12. The molecule has 0 radical (unpaired) electrons. The number of carbonyl (C=O) groups excluding carboxylic acids is 2. The Bertz CT molecular complexity index is 2610. The van der Waals surface area contributed by atoms with Crippen LogP contribution in [0.4, 0.5) is 11.4 Å². The number of nitrogens with zero attached hydrogens (tertiary/aromatic N) is 3.